The van der Waals surface area contributed by atoms with Gasteiger partial charge in [0.25, 0.3) is 5.91 Å². The van der Waals surface area contributed by atoms with Crippen LogP contribution in [0, 0.1) is 16.7 Å². The van der Waals surface area contributed by atoms with Crippen LogP contribution in [0.15, 0.2) is 97.1 Å². The van der Waals surface area contributed by atoms with Crippen LogP contribution in [-0.4, -0.2) is 76.7 Å². The number of fused-ring (bicyclic) bond motifs is 2. The number of aromatic hydroxyl groups is 1. The normalized spacial score (nSPS) is 18.7. The molecule has 288 valence electrons. The third-order valence-corrected chi connectivity index (χ3v) is 11.7. The van der Waals surface area contributed by atoms with Crippen molar-refractivity contribution >= 4 is 29.2 Å². The second kappa shape index (κ2) is 16.9. The van der Waals surface area contributed by atoms with Gasteiger partial charge in [0.1, 0.15) is 5.75 Å². The Bertz CT molecular complexity index is 2110. The lowest BCUT2D eigenvalue weighted by Crippen LogP contribution is -2.52. The number of amides is 3. The third-order valence-electron chi connectivity index (χ3n) is 11.7. The monoisotopic (exact) mass is 752 g/mol. The van der Waals surface area contributed by atoms with Crippen LogP contribution in [0.25, 0.3) is 0 Å². The summed E-state index contributed by atoms with van der Waals surface area (Å²) in [6.45, 7) is 2.31. The van der Waals surface area contributed by atoms with Crippen LogP contribution in [0.1, 0.15) is 82.7 Å². The molecule has 2 fully saturated rings. The van der Waals surface area contributed by atoms with Gasteiger partial charge in [-0.3, -0.25) is 24.1 Å². The molecule has 56 heavy (non-hydrogen) atoms. The van der Waals surface area contributed by atoms with Crippen molar-refractivity contribution in [2.24, 2.45) is 11.1 Å². The molecular weight excluding hydrogens is 705 g/mol. The van der Waals surface area contributed by atoms with Gasteiger partial charge < -0.3 is 26.4 Å². The Kier molecular flexibility index (Phi) is 11.6. The number of ketones is 1. The number of nitrogens with zero attached hydrogens (tertiary/aromatic N) is 3. The molecule has 2 aliphatic heterocycles. The number of phenolic OH excluding ortho intramolecular Hbond substituents is 1. The third kappa shape index (κ3) is 8.67. The zero-order valence-corrected chi connectivity index (χ0v) is 31.5. The van der Waals surface area contributed by atoms with E-state index in [0.29, 0.717) is 37.3 Å². The molecule has 3 unspecified atom stereocenters. The Labute approximate surface area is 327 Å². The van der Waals surface area contributed by atoms with Crippen molar-refractivity contribution in [3.05, 3.63) is 130 Å². The van der Waals surface area contributed by atoms with Crippen molar-refractivity contribution in [1.82, 2.24) is 15.1 Å². The van der Waals surface area contributed by atoms with Crippen molar-refractivity contribution in [3.8, 4) is 11.8 Å². The summed E-state index contributed by atoms with van der Waals surface area (Å²) in [6.07, 6.45) is 4.20. The van der Waals surface area contributed by atoms with Gasteiger partial charge in [0.2, 0.25) is 11.8 Å². The van der Waals surface area contributed by atoms with Crippen LogP contribution in [0.4, 0.5) is 5.69 Å². The molecule has 1 aliphatic carbocycles. The predicted octanol–water partition coefficient (Wildman–Crippen LogP) is 5.27. The maximum atomic E-state index is 14.3. The molecule has 4 aromatic rings. The highest BCUT2D eigenvalue weighted by atomic mass is 16.3. The minimum atomic E-state index is -0.923. The first-order valence-corrected chi connectivity index (χ1v) is 19.5. The number of rotatable bonds is 12. The lowest BCUT2D eigenvalue weighted by Gasteiger charge is -2.41. The van der Waals surface area contributed by atoms with Crippen LogP contribution >= 0.6 is 0 Å². The Morgan fingerprint density at radius 1 is 0.839 bits per heavy atom. The highest BCUT2D eigenvalue weighted by Crippen LogP contribution is 2.45. The molecule has 0 radical (unpaired) electrons. The van der Waals surface area contributed by atoms with Gasteiger partial charge in [0, 0.05) is 50.3 Å². The van der Waals surface area contributed by atoms with E-state index in [2.05, 4.69) is 27.7 Å². The second-order valence-electron chi connectivity index (χ2n) is 15.5. The highest BCUT2D eigenvalue weighted by Gasteiger charge is 2.42. The van der Waals surface area contributed by atoms with Crippen molar-refractivity contribution in [3.63, 3.8) is 0 Å². The number of benzene rings is 4. The van der Waals surface area contributed by atoms with Crippen LogP contribution in [-0.2, 0) is 27.2 Å². The molecule has 3 aliphatic rings. The molecule has 5 N–H and O–H groups in total. The first-order chi connectivity index (χ1) is 27.1. The maximum absolute atomic E-state index is 14.3. The van der Waals surface area contributed by atoms with Crippen molar-refractivity contribution in [2.45, 2.75) is 69.5 Å². The average molecular weight is 753 g/mol. The largest absolute Gasteiger partial charge is 0.508 e. The van der Waals surface area contributed by atoms with Crippen LogP contribution in [0.2, 0.25) is 0 Å². The van der Waals surface area contributed by atoms with E-state index in [1.165, 1.54) is 12.1 Å². The van der Waals surface area contributed by atoms with Gasteiger partial charge in [-0.25, -0.2) is 0 Å². The fourth-order valence-corrected chi connectivity index (χ4v) is 8.69. The molecule has 11 nitrogen and oxygen atoms in total. The van der Waals surface area contributed by atoms with Crippen LogP contribution < -0.4 is 16.4 Å². The summed E-state index contributed by atoms with van der Waals surface area (Å²) in [5.74, 6) is -0.589. The summed E-state index contributed by atoms with van der Waals surface area (Å²) in [5, 5.41) is 25.0. The minimum Gasteiger partial charge on any atom is -0.508 e. The Morgan fingerprint density at radius 2 is 1.46 bits per heavy atom. The number of para-hydroxylation sites is 1. The van der Waals surface area contributed by atoms with Gasteiger partial charge in [0.15, 0.2) is 5.78 Å². The number of hydrogen-bond acceptors (Lipinski definition) is 8. The van der Waals surface area contributed by atoms with E-state index in [1.807, 2.05) is 47.4 Å². The van der Waals surface area contributed by atoms with E-state index in [-0.39, 0.29) is 55.1 Å². The number of phenols is 1. The molecule has 1 saturated heterocycles. The van der Waals surface area contributed by atoms with Crippen molar-refractivity contribution in [2.75, 3.05) is 31.5 Å². The first-order valence-electron chi connectivity index (χ1n) is 19.5. The molecule has 3 atom stereocenters. The number of anilines is 1. The molecule has 4 aromatic carbocycles. The van der Waals surface area contributed by atoms with E-state index in [1.54, 1.807) is 36.4 Å². The number of carbonyl (C=O) groups excluding carboxylic acids is 4. The average Bonchev–Trinajstić information content (AvgIpc) is 3.62. The van der Waals surface area contributed by atoms with E-state index in [4.69, 9.17) is 5.73 Å². The van der Waals surface area contributed by atoms with E-state index < -0.39 is 23.4 Å². The summed E-state index contributed by atoms with van der Waals surface area (Å²) >= 11 is 0. The van der Waals surface area contributed by atoms with E-state index in [9.17, 15) is 29.5 Å². The number of hydrogen-bond donors (Lipinski definition) is 4. The molecule has 11 heteroatoms. The molecule has 1 saturated carbocycles. The number of piperazine rings is 1. The second-order valence-corrected chi connectivity index (χ2v) is 15.5. The zero-order chi connectivity index (χ0) is 39.2. The molecular formula is C45H48N6O5. The van der Waals surface area contributed by atoms with Gasteiger partial charge in [-0.05, 0) is 89.8 Å². The number of nitrogens with one attached hydrogen (secondary N) is 2. The highest BCUT2D eigenvalue weighted by molar-refractivity contribution is 6.07. The summed E-state index contributed by atoms with van der Waals surface area (Å²) in [4.78, 5) is 59.3. The van der Waals surface area contributed by atoms with E-state index in [0.717, 1.165) is 53.6 Å². The summed E-state index contributed by atoms with van der Waals surface area (Å²) in [7, 11) is 0. The van der Waals surface area contributed by atoms with Crippen molar-refractivity contribution in [1.29, 1.82) is 5.26 Å². The lowest BCUT2D eigenvalue weighted by atomic mass is 9.76. The standard InChI is InChI=1S/C45H48N6O5/c46-29-32-13-11-31(12-14-32)26-39(49-44(56)37(47)25-30-15-17-33(52)18-16-30)40(53)27-45(19-5-6-20-45)28-41(54)50-21-23-51(24-22-50)42-34-7-1-2-8-35(34)43(55)48-38-10-4-3-9-36(38)42/h1-4,7-18,37,39,42,52H,5-6,19-28,47H2,(H,48,55)(H,49,56). The molecule has 3 amide bonds. The first kappa shape index (κ1) is 38.4. The fourth-order valence-electron chi connectivity index (χ4n) is 8.69. The van der Waals surface area contributed by atoms with Gasteiger partial charge >= 0.3 is 0 Å². The Morgan fingerprint density at radius 3 is 2.16 bits per heavy atom. The summed E-state index contributed by atoms with van der Waals surface area (Å²) < 4.78 is 0. The Balaban J connectivity index is 1.03. The molecule has 0 bridgehead atoms. The van der Waals surface area contributed by atoms with Gasteiger partial charge in [0.05, 0.1) is 29.8 Å². The zero-order valence-electron chi connectivity index (χ0n) is 31.5. The number of carbonyl (C=O) groups is 4. The maximum Gasteiger partial charge on any atom is 0.256 e. The topological polar surface area (TPSA) is 169 Å². The summed E-state index contributed by atoms with van der Waals surface area (Å²) in [6, 6.07) is 29.2. The minimum absolute atomic E-state index is 0.0291. The van der Waals surface area contributed by atoms with Gasteiger partial charge in [-0.15, -0.1) is 0 Å². The molecule has 0 aromatic heterocycles. The van der Waals surface area contributed by atoms with Crippen molar-refractivity contribution < 1.29 is 24.3 Å². The molecule has 2 heterocycles. The number of Topliss-reactive ketones (excluding diaryl/α,β-unsaturated/α-hetero) is 1. The van der Waals surface area contributed by atoms with Crippen LogP contribution in [0.5, 0.6) is 5.75 Å². The fraction of sp³-hybridized carbons (Fsp3) is 0.356. The van der Waals surface area contributed by atoms with Gasteiger partial charge in [-0.2, -0.15) is 5.26 Å². The lowest BCUT2D eigenvalue weighted by molar-refractivity contribution is -0.137. The smallest absolute Gasteiger partial charge is 0.256 e. The van der Waals surface area contributed by atoms with Crippen LogP contribution in [0.3, 0.4) is 0 Å². The predicted molar refractivity (Wildman–Crippen MR) is 213 cm³/mol. The SMILES string of the molecule is N#Cc1ccc(CC(NC(=O)C(N)Cc2ccc(O)cc2)C(=O)CC2(CC(=O)N3CCN(C4c5ccccc5NC(=O)c5ccccc54)CC3)CCCC2)cc1. The summed E-state index contributed by atoms with van der Waals surface area (Å²) in [5.41, 5.74) is 11.3. The van der Waals surface area contributed by atoms with Gasteiger partial charge in [-0.1, -0.05) is 73.5 Å². The number of nitriles is 1. The number of nitrogens with two attached hydrogens (primary N) is 1. The quantitative estimate of drug-likeness (QED) is 0.152. The van der Waals surface area contributed by atoms with E-state index >= 15 is 0 Å². The molecule has 0 spiro atoms. The Hall–Kier alpha value is -5.83. The molecule has 7 rings (SSSR count).